The smallest absolute Gasteiger partial charge is 0.243 e. The van der Waals surface area contributed by atoms with Crippen molar-refractivity contribution < 1.29 is 9.47 Å². The first-order valence-corrected chi connectivity index (χ1v) is 9.52. The highest BCUT2D eigenvalue weighted by Gasteiger charge is 2.26. The molecule has 0 fully saturated rings. The van der Waals surface area contributed by atoms with Gasteiger partial charge >= 0.3 is 0 Å². The van der Waals surface area contributed by atoms with Gasteiger partial charge in [-0.15, -0.1) is 0 Å². The molecule has 0 saturated heterocycles. The van der Waals surface area contributed by atoms with Gasteiger partial charge in [0.25, 0.3) is 0 Å². The molecule has 1 aliphatic rings. The standard InChI is InChI=1S/C22H30N2O2/c1-15(2)23-14-18-10-11-20-21(13-18)26-22(25-20)12-16(3)24-17(4)19-8-6-5-7-9-19/h5-11,13,15-17,22-24H,12,14H2,1-4H3. The molecule has 2 aromatic rings. The van der Waals surface area contributed by atoms with Crippen molar-refractivity contribution in [2.45, 2.75) is 65.1 Å². The lowest BCUT2D eigenvalue weighted by molar-refractivity contribution is 0.0332. The van der Waals surface area contributed by atoms with E-state index in [1.807, 2.05) is 12.1 Å². The molecule has 4 nitrogen and oxygen atoms in total. The number of ether oxygens (including phenoxy) is 2. The topological polar surface area (TPSA) is 42.5 Å². The van der Waals surface area contributed by atoms with Crippen molar-refractivity contribution >= 4 is 0 Å². The maximum absolute atomic E-state index is 6.02. The van der Waals surface area contributed by atoms with Gasteiger partial charge in [0, 0.05) is 31.1 Å². The summed E-state index contributed by atoms with van der Waals surface area (Å²) in [5.41, 5.74) is 2.50. The third-order valence-electron chi connectivity index (χ3n) is 4.62. The molecule has 26 heavy (non-hydrogen) atoms. The summed E-state index contributed by atoms with van der Waals surface area (Å²) in [6.07, 6.45) is 0.564. The minimum atomic E-state index is -0.233. The first-order chi connectivity index (χ1) is 12.5. The summed E-state index contributed by atoms with van der Waals surface area (Å²) >= 11 is 0. The molecule has 0 aromatic heterocycles. The summed E-state index contributed by atoms with van der Waals surface area (Å²) in [7, 11) is 0. The molecule has 140 valence electrons. The van der Waals surface area contributed by atoms with Crippen LogP contribution in [0.2, 0.25) is 0 Å². The highest BCUT2D eigenvalue weighted by atomic mass is 16.7. The Morgan fingerprint density at radius 1 is 0.923 bits per heavy atom. The highest BCUT2D eigenvalue weighted by Crippen LogP contribution is 2.36. The van der Waals surface area contributed by atoms with Crippen LogP contribution in [0, 0.1) is 0 Å². The molecule has 3 atom stereocenters. The molecule has 3 unspecified atom stereocenters. The summed E-state index contributed by atoms with van der Waals surface area (Å²) in [4.78, 5) is 0. The summed E-state index contributed by atoms with van der Waals surface area (Å²) < 4.78 is 12.0. The highest BCUT2D eigenvalue weighted by molar-refractivity contribution is 5.45. The lowest BCUT2D eigenvalue weighted by Crippen LogP contribution is -2.34. The van der Waals surface area contributed by atoms with E-state index in [0.29, 0.717) is 12.1 Å². The van der Waals surface area contributed by atoms with Crippen LogP contribution in [0.1, 0.15) is 51.3 Å². The number of rotatable bonds is 8. The Labute approximate surface area is 156 Å². The fraction of sp³-hybridized carbons (Fsp3) is 0.455. The third-order valence-corrected chi connectivity index (χ3v) is 4.62. The van der Waals surface area contributed by atoms with E-state index in [9.17, 15) is 0 Å². The van der Waals surface area contributed by atoms with E-state index in [-0.39, 0.29) is 12.3 Å². The minimum Gasteiger partial charge on any atom is -0.451 e. The number of fused-ring (bicyclic) bond motifs is 1. The van der Waals surface area contributed by atoms with Gasteiger partial charge in [0.1, 0.15) is 0 Å². The zero-order valence-electron chi connectivity index (χ0n) is 16.2. The van der Waals surface area contributed by atoms with Crippen molar-refractivity contribution in [3.05, 3.63) is 59.7 Å². The van der Waals surface area contributed by atoms with Crippen LogP contribution in [0.3, 0.4) is 0 Å². The van der Waals surface area contributed by atoms with Crippen molar-refractivity contribution in [1.29, 1.82) is 0 Å². The van der Waals surface area contributed by atoms with Gasteiger partial charge in [-0.3, -0.25) is 0 Å². The summed E-state index contributed by atoms with van der Waals surface area (Å²) in [5, 5.41) is 7.05. The number of nitrogens with one attached hydrogen (secondary N) is 2. The largest absolute Gasteiger partial charge is 0.451 e. The molecule has 3 rings (SSSR count). The molecule has 1 aliphatic heterocycles. The van der Waals surface area contributed by atoms with Gasteiger partial charge in [0.15, 0.2) is 11.5 Å². The van der Waals surface area contributed by atoms with Crippen molar-refractivity contribution in [2.75, 3.05) is 0 Å². The number of hydrogen-bond acceptors (Lipinski definition) is 4. The number of hydrogen-bond donors (Lipinski definition) is 2. The normalized spacial score (nSPS) is 18.1. The van der Waals surface area contributed by atoms with Crippen LogP contribution in [0.4, 0.5) is 0 Å². The lowest BCUT2D eigenvalue weighted by Gasteiger charge is -2.22. The first-order valence-electron chi connectivity index (χ1n) is 9.52. The zero-order valence-corrected chi connectivity index (χ0v) is 16.2. The van der Waals surface area contributed by atoms with Crippen LogP contribution in [-0.2, 0) is 6.54 Å². The molecule has 0 bridgehead atoms. The van der Waals surface area contributed by atoms with Crippen molar-refractivity contribution in [3.8, 4) is 11.5 Å². The van der Waals surface area contributed by atoms with Gasteiger partial charge in [0.2, 0.25) is 6.29 Å². The predicted molar refractivity (Wildman–Crippen MR) is 106 cm³/mol. The first kappa shape index (κ1) is 18.7. The lowest BCUT2D eigenvalue weighted by atomic mass is 10.1. The van der Waals surface area contributed by atoms with Crippen LogP contribution in [0.15, 0.2) is 48.5 Å². The molecule has 4 heteroatoms. The Morgan fingerprint density at radius 2 is 1.65 bits per heavy atom. The van der Waals surface area contributed by atoms with Crippen molar-refractivity contribution in [3.63, 3.8) is 0 Å². The molecule has 0 amide bonds. The Bertz CT molecular complexity index is 703. The molecule has 0 aliphatic carbocycles. The van der Waals surface area contributed by atoms with E-state index in [2.05, 4.69) is 74.7 Å². The summed E-state index contributed by atoms with van der Waals surface area (Å²) in [5.74, 6) is 1.69. The average Bonchev–Trinajstić information content (AvgIpc) is 3.01. The van der Waals surface area contributed by atoms with E-state index in [1.54, 1.807) is 0 Å². The Kier molecular flexibility index (Phi) is 6.17. The second-order valence-electron chi connectivity index (χ2n) is 7.42. The molecule has 2 aromatic carbocycles. The van der Waals surface area contributed by atoms with Gasteiger partial charge in [-0.25, -0.2) is 0 Å². The van der Waals surface area contributed by atoms with Gasteiger partial charge in [-0.1, -0.05) is 50.2 Å². The van der Waals surface area contributed by atoms with Crippen LogP contribution >= 0.6 is 0 Å². The predicted octanol–water partition coefficient (Wildman–Crippen LogP) is 4.41. The van der Waals surface area contributed by atoms with Crippen LogP contribution in [0.5, 0.6) is 11.5 Å². The molecular weight excluding hydrogens is 324 g/mol. The van der Waals surface area contributed by atoms with Crippen LogP contribution < -0.4 is 20.1 Å². The Balaban J connectivity index is 1.51. The molecule has 1 heterocycles. The second kappa shape index (κ2) is 8.56. The second-order valence-corrected chi connectivity index (χ2v) is 7.42. The van der Waals surface area contributed by atoms with E-state index in [4.69, 9.17) is 9.47 Å². The van der Waals surface area contributed by atoms with Crippen molar-refractivity contribution in [2.24, 2.45) is 0 Å². The summed E-state index contributed by atoms with van der Waals surface area (Å²) in [6, 6.07) is 17.7. The van der Waals surface area contributed by atoms with Gasteiger partial charge in [-0.2, -0.15) is 0 Å². The van der Waals surface area contributed by atoms with Gasteiger partial charge in [-0.05, 0) is 37.1 Å². The van der Waals surface area contributed by atoms with Gasteiger partial charge < -0.3 is 20.1 Å². The van der Waals surface area contributed by atoms with Crippen molar-refractivity contribution in [1.82, 2.24) is 10.6 Å². The fourth-order valence-electron chi connectivity index (χ4n) is 3.20. The zero-order chi connectivity index (χ0) is 18.5. The SMILES string of the molecule is CC(C)NCc1ccc2c(c1)OC(CC(C)NC(C)c1ccccc1)O2. The molecular formula is C22H30N2O2. The quantitative estimate of drug-likeness (QED) is 0.737. The maximum atomic E-state index is 6.02. The fourth-order valence-corrected chi connectivity index (χ4v) is 3.20. The Morgan fingerprint density at radius 3 is 2.38 bits per heavy atom. The number of benzene rings is 2. The van der Waals surface area contributed by atoms with Crippen LogP contribution in [0.25, 0.3) is 0 Å². The van der Waals surface area contributed by atoms with E-state index >= 15 is 0 Å². The van der Waals surface area contributed by atoms with E-state index in [0.717, 1.165) is 24.5 Å². The Hall–Kier alpha value is -2.04. The molecule has 0 spiro atoms. The van der Waals surface area contributed by atoms with Crippen LogP contribution in [-0.4, -0.2) is 18.4 Å². The average molecular weight is 354 g/mol. The minimum absolute atomic E-state index is 0.233. The summed E-state index contributed by atoms with van der Waals surface area (Å²) in [6.45, 7) is 9.49. The molecule has 0 radical (unpaired) electrons. The monoisotopic (exact) mass is 354 g/mol. The van der Waals surface area contributed by atoms with Gasteiger partial charge in [0.05, 0.1) is 0 Å². The molecule has 0 saturated carbocycles. The van der Waals surface area contributed by atoms with E-state index in [1.165, 1.54) is 11.1 Å². The van der Waals surface area contributed by atoms with E-state index < -0.39 is 0 Å². The molecule has 2 N–H and O–H groups in total. The maximum Gasteiger partial charge on any atom is 0.243 e. The third kappa shape index (κ3) is 4.99.